The van der Waals surface area contributed by atoms with E-state index in [9.17, 15) is 9.59 Å². The van der Waals surface area contributed by atoms with Crippen LogP contribution in [0.25, 0.3) is 17.0 Å². The number of imidazole rings is 1. The molecule has 156 valence electrons. The number of carbonyl (C=O) groups is 2. The third-order valence-electron chi connectivity index (χ3n) is 4.51. The fourth-order valence-electron chi connectivity index (χ4n) is 3.09. The fraction of sp³-hybridized carbons (Fsp3) is 0.100. The minimum Gasteiger partial charge on any atom is -0.468 e. The minimum absolute atomic E-state index is 0.0709. The highest BCUT2D eigenvalue weighted by Gasteiger charge is 2.22. The van der Waals surface area contributed by atoms with Crippen molar-refractivity contribution in [3.8, 4) is 12.0 Å². The van der Waals surface area contributed by atoms with Gasteiger partial charge in [-0.25, -0.2) is 4.57 Å². The van der Waals surface area contributed by atoms with Crippen molar-refractivity contribution in [3.63, 3.8) is 0 Å². The van der Waals surface area contributed by atoms with Crippen LogP contribution in [-0.2, 0) is 6.54 Å². The van der Waals surface area contributed by atoms with Gasteiger partial charge in [0.05, 0.1) is 18.2 Å². The maximum Gasteiger partial charge on any atom is 0.304 e. The first-order valence-electron chi connectivity index (χ1n) is 9.17. The molecule has 11 heteroatoms. The molecule has 0 fully saturated rings. The summed E-state index contributed by atoms with van der Waals surface area (Å²) >= 11 is 0. The molecule has 0 saturated carbocycles. The van der Waals surface area contributed by atoms with E-state index in [4.69, 9.17) is 16.2 Å². The van der Waals surface area contributed by atoms with Gasteiger partial charge in [-0.3, -0.25) is 9.59 Å². The summed E-state index contributed by atoms with van der Waals surface area (Å²) in [5.41, 5.74) is 12.8. The van der Waals surface area contributed by atoms with E-state index < -0.39 is 11.8 Å². The number of aromatic nitrogens is 5. The average Bonchev–Trinajstić information content (AvgIpc) is 3.16. The van der Waals surface area contributed by atoms with Crippen LogP contribution >= 0.6 is 0 Å². The topological polar surface area (TPSA) is 164 Å². The second-order valence-electron chi connectivity index (χ2n) is 6.48. The van der Waals surface area contributed by atoms with Gasteiger partial charge in [0.15, 0.2) is 11.5 Å². The van der Waals surface area contributed by atoms with Gasteiger partial charge in [0.1, 0.15) is 5.52 Å². The predicted molar refractivity (Wildman–Crippen MR) is 112 cm³/mol. The number of ether oxygens (including phenoxy) is 1. The van der Waals surface area contributed by atoms with Crippen LogP contribution in [0.1, 0.15) is 26.4 Å². The van der Waals surface area contributed by atoms with Crippen molar-refractivity contribution in [2.45, 2.75) is 6.54 Å². The van der Waals surface area contributed by atoms with Crippen LogP contribution in [-0.4, -0.2) is 43.7 Å². The van der Waals surface area contributed by atoms with Crippen molar-refractivity contribution in [1.82, 2.24) is 24.7 Å². The molecule has 0 bridgehead atoms. The zero-order chi connectivity index (χ0) is 22.0. The number of nitrogens with two attached hydrogens (primary N) is 2. The Morgan fingerprint density at radius 2 is 1.77 bits per heavy atom. The van der Waals surface area contributed by atoms with Gasteiger partial charge in [-0.05, 0) is 17.7 Å². The van der Waals surface area contributed by atoms with Crippen molar-refractivity contribution in [2.75, 3.05) is 12.4 Å². The summed E-state index contributed by atoms with van der Waals surface area (Å²) in [6.07, 6.45) is 0. The number of hydrogen-bond donors (Lipinski definition) is 3. The van der Waals surface area contributed by atoms with E-state index >= 15 is 0 Å². The lowest BCUT2D eigenvalue weighted by Gasteiger charge is -2.11. The van der Waals surface area contributed by atoms with Crippen molar-refractivity contribution in [2.24, 2.45) is 11.5 Å². The van der Waals surface area contributed by atoms with Gasteiger partial charge in [-0.15, -0.1) is 10.2 Å². The van der Waals surface area contributed by atoms with E-state index in [0.717, 1.165) is 5.56 Å². The Morgan fingerprint density at radius 1 is 1.00 bits per heavy atom. The van der Waals surface area contributed by atoms with E-state index in [1.807, 2.05) is 30.3 Å². The molecule has 0 unspecified atom stereocenters. The fourth-order valence-corrected chi connectivity index (χ4v) is 3.09. The van der Waals surface area contributed by atoms with Crippen LogP contribution in [0.5, 0.6) is 6.01 Å². The van der Waals surface area contributed by atoms with Crippen LogP contribution in [0.4, 0.5) is 5.82 Å². The highest BCUT2D eigenvalue weighted by molar-refractivity contribution is 6.04. The lowest BCUT2D eigenvalue weighted by molar-refractivity contribution is 0.0989. The van der Waals surface area contributed by atoms with Gasteiger partial charge in [-0.1, -0.05) is 36.4 Å². The van der Waals surface area contributed by atoms with Crippen molar-refractivity contribution in [1.29, 1.82) is 0 Å². The second kappa shape index (κ2) is 8.06. The van der Waals surface area contributed by atoms with E-state index in [1.165, 1.54) is 11.7 Å². The Hall–Kier alpha value is -4.54. The predicted octanol–water partition coefficient (Wildman–Crippen LogP) is 1.03. The number of anilines is 1. The van der Waals surface area contributed by atoms with Crippen LogP contribution in [0, 0.1) is 0 Å². The first-order chi connectivity index (χ1) is 15.0. The maximum absolute atomic E-state index is 11.8. The van der Waals surface area contributed by atoms with Crippen molar-refractivity contribution >= 4 is 28.7 Å². The molecule has 2 amide bonds. The van der Waals surface area contributed by atoms with Gasteiger partial charge in [0.25, 0.3) is 17.8 Å². The molecular formula is C20H18N8O3. The molecule has 31 heavy (non-hydrogen) atoms. The number of carbonyl (C=O) groups excluding carboxylic acids is 2. The van der Waals surface area contributed by atoms with Gasteiger partial charge in [0.2, 0.25) is 0 Å². The zero-order valence-corrected chi connectivity index (χ0v) is 16.4. The number of hydrogen-bond acceptors (Lipinski definition) is 8. The van der Waals surface area contributed by atoms with Gasteiger partial charge in [-0.2, -0.15) is 9.97 Å². The van der Waals surface area contributed by atoms with Crippen molar-refractivity contribution < 1.29 is 14.3 Å². The number of nitrogens with zero attached hydrogens (tertiary/aromatic N) is 5. The van der Waals surface area contributed by atoms with Crippen LogP contribution in [0.2, 0.25) is 0 Å². The summed E-state index contributed by atoms with van der Waals surface area (Å²) in [5.74, 6) is -1.19. The number of amides is 2. The number of nitrogens with one attached hydrogen (secondary N) is 1. The number of rotatable bonds is 7. The molecule has 11 nitrogen and oxygen atoms in total. The van der Waals surface area contributed by atoms with E-state index in [1.54, 1.807) is 18.2 Å². The third-order valence-corrected chi connectivity index (χ3v) is 4.51. The number of methoxy groups -OCH3 is 1. The minimum atomic E-state index is -0.777. The molecule has 4 rings (SSSR count). The first kappa shape index (κ1) is 19.8. The monoisotopic (exact) mass is 418 g/mol. The number of benzene rings is 2. The lowest BCUT2D eigenvalue weighted by atomic mass is 10.2. The summed E-state index contributed by atoms with van der Waals surface area (Å²) in [6, 6.07) is 14.6. The Bertz CT molecular complexity index is 1290. The average molecular weight is 418 g/mol. The van der Waals surface area contributed by atoms with Crippen molar-refractivity contribution in [3.05, 3.63) is 65.4 Å². The Kier molecular flexibility index (Phi) is 5.14. The zero-order valence-electron chi connectivity index (χ0n) is 16.4. The SMILES string of the molecule is COc1nc2c(C(N)=O)cccc2n1-c1nnc(C(N)=O)c(NCc2ccccc2)n1. The summed E-state index contributed by atoms with van der Waals surface area (Å²) in [5, 5.41) is 11.0. The van der Waals surface area contributed by atoms with Gasteiger partial charge >= 0.3 is 6.01 Å². The molecule has 2 heterocycles. The number of para-hydroxylation sites is 1. The third kappa shape index (κ3) is 3.71. The second-order valence-corrected chi connectivity index (χ2v) is 6.48. The highest BCUT2D eigenvalue weighted by atomic mass is 16.5. The Balaban J connectivity index is 1.83. The van der Waals surface area contributed by atoms with E-state index in [0.29, 0.717) is 17.6 Å². The quantitative estimate of drug-likeness (QED) is 0.400. The molecular weight excluding hydrogens is 400 g/mol. The van der Waals surface area contributed by atoms with Crippen LogP contribution in [0.15, 0.2) is 48.5 Å². The molecule has 0 spiro atoms. The summed E-state index contributed by atoms with van der Waals surface area (Å²) in [7, 11) is 1.42. The first-order valence-corrected chi connectivity index (χ1v) is 9.17. The molecule has 0 aliphatic heterocycles. The standard InChI is InChI=1S/C20H18N8O3/c1-31-20-24-14-12(16(21)29)8-5-9-13(14)28(20)19-25-18(15(17(22)30)26-27-19)23-10-11-6-3-2-4-7-11/h2-9H,10H2,1H3,(H2,21,29)(H2,22,30)(H,23,25,27). The molecule has 0 aliphatic carbocycles. The summed E-state index contributed by atoms with van der Waals surface area (Å²) in [6.45, 7) is 0.382. The smallest absolute Gasteiger partial charge is 0.304 e. The molecule has 4 aromatic rings. The van der Waals surface area contributed by atoms with Gasteiger partial charge < -0.3 is 21.5 Å². The largest absolute Gasteiger partial charge is 0.468 e. The molecule has 2 aromatic heterocycles. The maximum atomic E-state index is 11.8. The van der Waals surface area contributed by atoms with E-state index in [2.05, 4.69) is 25.5 Å². The summed E-state index contributed by atoms with van der Waals surface area (Å²) in [4.78, 5) is 32.4. The Labute approximate surface area is 176 Å². The van der Waals surface area contributed by atoms with Crippen LogP contribution in [0.3, 0.4) is 0 Å². The molecule has 0 atom stereocenters. The number of fused-ring (bicyclic) bond motifs is 1. The van der Waals surface area contributed by atoms with Gasteiger partial charge in [0, 0.05) is 6.54 Å². The Morgan fingerprint density at radius 3 is 2.45 bits per heavy atom. The lowest BCUT2D eigenvalue weighted by Crippen LogP contribution is -2.20. The normalized spacial score (nSPS) is 10.7. The molecule has 5 N–H and O–H groups in total. The summed E-state index contributed by atoms with van der Waals surface area (Å²) < 4.78 is 6.81. The highest BCUT2D eigenvalue weighted by Crippen LogP contribution is 2.27. The van der Waals surface area contributed by atoms with Crippen LogP contribution < -0.4 is 21.5 Å². The molecule has 2 aromatic carbocycles. The molecule has 0 radical (unpaired) electrons. The molecule has 0 aliphatic rings. The molecule has 0 saturated heterocycles. The number of primary amides is 2. The van der Waals surface area contributed by atoms with E-state index in [-0.39, 0.29) is 29.0 Å².